The molecule has 45 heavy (non-hydrogen) atoms. The van der Waals surface area contributed by atoms with Crippen LogP contribution < -0.4 is 0 Å². The van der Waals surface area contributed by atoms with Gasteiger partial charge >= 0.3 is 11.9 Å². The van der Waals surface area contributed by atoms with Crippen molar-refractivity contribution in [1.29, 1.82) is 0 Å². The summed E-state index contributed by atoms with van der Waals surface area (Å²) in [5, 5.41) is 82.1. The zero-order valence-electron chi connectivity index (χ0n) is 24.3. The highest BCUT2D eigenvalue weighted by Crippen LogP contribution is 2.39. The average molecular weight is 659 g/mol. The quantitative estimate of drug-likeness (QED) is 0.121. The molecule has 0 aliphatic carbocycles. The first-order valence-electron chi connectivity index (χ1n) is 14.1. The number of hydrogen-bond donors (Lipinski definition) is 8. The van der Waals surface area contributed by atoms with Crippen LogP contribution >= 0.6 is 0 Å². The molecule has 5 aliphatic rings. The van der Waals surface area contributed by atoms with Crippen LogP contribution in [0.25, 0.3) is 0 Å². The third-order valence-corrected chi connectivity index (χ3v) is 8.47. The van der Waals surface area contributed by atoms with Crippen molar-refractivity contribution < 1.29 is 97.8 Å². The second-order valence-corrected chi connectivity index (χ2v) is 11.5. The molecular weight excluding hydrogens is 620 g/mol. The second kappa shape index (κ2) is 13.1. The van der Waals surface area contributed by atoms with Gasteiger partial charge in [0, 0.05) is 21.0 Å². The van der Waals surface area contributed by atoms with Gasteiger partial charge in [0.15, 0.2) is 18.9 Å². The number of aliphatic carboxylic acids is 2. The van der Waals surface area contributed by atoms with Gasteiger partial charge in [0.05, 0.1) is 19.8 Å². The lowest BCUT2D eigenvalue weighted by molar-refractivity contribution is -0.423. The highest BCUT2D eigenvalue weighted by Gasteiger charge is 2.60. The SMILES string of the molecule is CO[C@@H]1[C@@H](O)[C@H](O[C@@H]2[C@@H](O)[C@H](O[C@H]3[C@H](O)[C@@H](O)[C@H](O)O[C@@H]3CO)O[C@@H]3CO[C@@](C)(C(=O)O)O[C@@H]23)O[C@@H]2CO[C@@](C)(C(=O)O)O[C@@H]12. The van der Waals surface area contributed by atoms with Gasteiger partial charge < -0.3 is 88.2 Å². The van der Waals surface area contributed by atoms with Crippen molar-refractivity contribution in [3.05, 3.63) is 0 Å². The van der Waals surface area contributed by atoms with Crippen LogP contribution in [0.3, 0.4) is 0 Å². The normalized spacial score (nSPS) is 52.0. The summed E-state index contributed by atoms with van der Waals surface area (Å²) >= 11 is 0. The van der Waals surface area contributed by atoms with Crippen molar-refractivity contribution in [3.63, 3.8) is 0 Å². The second-order valence-electron chi connectivity index (χ2n) is 11.5. The van der Waals surface area contributed by atoms with Gasteiger partial charge in [-0.2, -0.15) is 0 Å². The number of aliphatic hydroxyl groups excluding tert-OH is 6. The number of carbonyl (C=O) groups is 2. The zero-order chi connectivity index (χ0) is 33.0. The minimum atomic E-state index is -2.21. The fourth-order valence-electron chi connectivity index (χ4n) is 5.83. The van der Waals surface area contributed by atoms with Crippen molar-refractivity contribution in [1.82, 2.24) is 0 Å². The lowest BCUT2D eigenvalue weighted by Gasteiger charge is -2.53. The first kappa shape index (κ1) is 34.6. The molecule has 20 nitrogen and oxygen atoms in total. The third kappa shape index (κ3) is 6.32. The molecule has 5 aliphatic heterocycles. The lowest BCUT2D eigenvalue weighted by atomic mass is 9.94. The number of methoxy groups -OCH3 is 1. The number of rotatable bonds is 8. The highest BCUT2D eigenvalue weighted by molar-refractivity contribution is 5.75. The maximum atomic E-state index is 11.9. The summed E-state index contributed by atoms with van der Waals surface area (Å²) in [6.45, 7) is 0.745. The third-order valence-electron chi connectivity index (χ3n) is 8.47. The van der Waals surface area contributed by atoms with Crippen LogP contribution in [0.1, 0.15) is 13.8 Å². The summed E-state index contributed by atoms with van der Waals surface area (Å²) in [4.78, 5) is 23.6. The highest BCUT2D eigenvalue weighted by atomic mass is 16.8. The molecule has 0 aromatic heterocycles. The molecular formula is C25H38O20. The number of hydrogen-bond acceptors (Lipinski definition) is 18. The van der Waals surface area contributed by atoms with E-state index in [0.29, 0.717) is 0 Å². The first-order valence-corrected chi connectivity index (χ1v) is 14.1. The number of carboxylic acid groups (broad SMARTS) is 2. The van der Waals surface area contributed by atoms with Crippen LogP contribution in [-0.2, 0) is 57.0 Å². The first-order chi connectivity index (χ1) is 21.1. The van der Waals surface area contributed by atoms with E-state index in [1.807, 2.05) is 0 Å². The van der Waals surface area contributed by atoms with Crippen molar-refractivity contribution >= 4 is 11.9 Å². The van der Waals surface area contributed by atoms with E-state index in [2.05, 4.69) is 0 Å². The smallest absolute Gasteiger partial charge is 0.364 e. The molecule has 5 fully saturated rings. The van der Waals surface area contributed by atoms with Crippen LogP contribution in [0.15, 0.2) is 0 Å². The number of carboxylic acids is 2. The predicted octanol–water partition coefficient (Wildman–Crippen LogP) is -5.19. The molecule has 0 aromatic carbocycles. The molecule has 0 radical (unpaired) electrons. The maximum Gasteiger partial charge on any atom is 0.364 e. The van der Waals surface area contributed by atoms with Gasteiger partial charge in [-0.05, 0) is 0 Å². The number of aliphatic hydroxyl groups is 6. The van der Waals surface area contributed by atoms with E-state index in [0.717, 1.165) is 6.92 Å². The summed E-state index contributed by atoms with van der Waals surface area (Å²) in [6, 6.07) is 0. The fourth-order valence-corrected chi connectivity index (χ4v) is 5.83. The zero-order valence-corrected chi connectivity index (χ0v) is 24.3. The van der Waals surface area contributed by atoms with Gasteiger partial charge in [0.2, 0.25) is 0 Å². The molecule has 17 atom stereocenters. The van der Waals surface area contributed by atoms with E-state index in [1.54, 1.807) is 0 Å². The van der Waals surface area contributed by atoms with Crippen LogP contribution in [0.5, 0.6) is 0 Å². The molecule has 5 saturated heterocycles. The minimum Gasteiger partial charge on any atom is -0.477 e. The van der Waals surface area contributed by atoms with Crippen molar-refractivity contribution in [3.8, 4) is 0 Å². The standard InChI is InChI=1S/C25H38O20/c1-24(22(32)33)37-5-8-15(44-24)17(36-3)12(29)20(40-8)43-18-13(30)21(41-9-6-38-25(2,23(34)35)45-16(9)18)42-14-7(4-26)39-19(31)11(28)10(14)27/h7-21,26-31H,4-6H2,1-3H3,(H,32,33)(H,34,35)/t7-,8-,9-,10-,11-,12-,13-,14-,15-,16-,17-,18-,19-,20+,21+,24-,25-/m1/s1. The van der Waals surface area contributed by atoms with Gasteiger partial charge in [0.25, 0.3) is 11.6 Å². The van der Waals surface area contributed by atoms with Crippen LogP contribution in [0, 0.1) is 0 Å². The van der Waals surface area contributed by atoms with Crippen molar-refractivity contribution in [2.24, 2.45) is 0 Å². The predicted molar refractivity (Wildman–Crippen MR) is 134 cm³/mol. The van der Waals surface area contributed by atoms with E-state index in [-0.39, 0.29) is 6.61 Å². The summed E-state index contributed by atoms with van der Waals surface area (Å²) in [5.41, 5.74) is 0. The number of ether oxygens (including phenoxy) is 10. The Labute approximate surface area is 254 Å². The number of fused-ring (bicyclic) bond motifs is 2. The van der Waals surface area contributed by atoms with Crippen LogP contribution in [-0.4, -0.2) is 183 Å². The van der Waals surface area contributed by atoms with Gasteiger partial charge in [0.1, 0.15) is 73.2 Å². The Bertz CT molecular complexity index is 1080. The van der Waals surface area contributed by atoms with E-state index >= 15 is 0 Å². The molecule has 5 rings (SSSR count). The monoisotopic (exact) mass is 658 g/mol. The van der Waals surface area contributed by atoms with Gasteiger partial charge in [-0.3, -0.25) is 0 Å². The molecule has 5 heterocycles. The largest absolute Gasteiger partial charge is 0.477 e. The molecule has 20 heteroatoms. The van der Waals surface area contributed by atoms with Gasteiger partial charge in [-0.15, -0.1) is 0 Å². The van der Waals surface area contributed by atoms with Crippen LogP contribution in [0.4, 0.5) is 0 Å². The summed E-state index contributed by atoms with van der Waals surface area (Å²) in [5.74, 6) is -7.22. The van der Waals surface area contributed by atoms with E-state index in [9.17, 15) is 50.4 Å². The average Bonchev–Trinajstić information content (AvgIpc) is 2.99. The van der Waals surface area contributed by atoms with Gasteiger partial charge in [-0.25, -0.2) is 9.59 Å². The Kier molecular flexibility index (Phi) is 10.1. The van der Waals surface area contributed by atoms with E-state index in [4.69, 9.17) is 47.4 Å². The summed E-state index contributed by atoms with van der Waals surface area (Å²) < 4.78 is 55.9. The lowest BCUT2D eigenvalue weighted by Crippen LogP contribution is -2.71. The fraction of sp³-hybridized carbons (Fsp3) is 0.920. The van der Waals surface area contributed by atoms with Crippen molar-refractivity contribution in [2.75, 3.05) is 26.9 Å². The van der Waals surface area contributed by atoms with Crippen molar-refractivity contribution in [2.45, 2.75) is 118 Å². The molecule has 0 amide bonds. The topological polar surface area (TPSA) is 288 Å². The molecule has 0 saturated carbocycles. The molecule has 0 spiro atoms. The molecule has 8 N–H and O–H groups in total. The molecule has 258 valence electrons. The maximum absolute atomic E-state index is 11.9. The molecule has 0 bridgehead atoms. The summed E-state index contributed by atoms with van der Waals surface area (Å²) in [6.07, 6.45) is -23.0. The van der Waals surface area contributed by atoms with E-state index < -0.39 is 129 Å². The molecule has 0 aromatic rings. The Hall–Kier alpha value is -1.70. The van der Waals surface area contributed by atoms with Crippen LogP contribution in [0.2, 0.25) is 0 Å². The Balaban J connectivity index is 1.40. The van der Waals surface area contributed by atoms with Gasteiger partial charge in [-0.1, -0.05) is 0 Å². The Morgan fingerprint density at radius 2 is 1.18 bits per heavy atom. The summed E-state index contributed by atoms with van der Waals surface area (Å²) in [7, 11) is 1.23. The minimum absolute atomic E-state index is 0.328. The Morgan fingerprint density at radius 3 is 1.64 bits per heavy atom. The Morgan fingerprint density at radius 1 is 0.711 bits per heavy atom. The molecule has 0 unspecified atom stereocenters. The van der Waals surface area contributed by atoms with E-state index in [1.165, 1.54) is 14.0 Å².